The number of amides is 1. The van der Waals surface area contributed by atoms with E-state index in [-0.39, 0.29) is 38.0 Å². The Hall–Kier alpha value is -0.410. The predicted molar refractivity (Wildman–Crippen MR) is 105 cm³/mol. The summed E-state index contributed by atoms with van der Waals surface area (Å²) in [5, 5.41) is 20.4. The first-order valence-electron chi connectivity index (χ1n) is 8.81. The Morgan fingerprint density at radius 1 is 1.11 bits per heavy atom. The molecule has 2 saturated heterocycles. The Kier molecular flexibility index (Phi) is 13.0. The van der Waals surface area contributed by atoms with Gasteiger partial charge in [-0.05, 0) is 53.0 Å². The average Bonchev–Trinajstić information content (AvgIpc) is 2.55. The van der Waals surface area contributed by atoms with E-state index in [1.54, 1.807) is 20.8 Å². The number of likely N-dealkylation sites (tertiary alicyclic amines) is 1. The molecule has 164 valence electrons. The van der Waals surface area contributed by atoms with Gasteiger partial charge in [0.05, 0.1) is 19.8 Å². The van der Waals surface area contributed by atoms with Crippen LogP contribution in [-0.4, -0.2) is 77.5 Å². The van der Waals surface area contributed by atoms with E-state index >= 15 is 0 Å². The lowest BCUT2D eigenvalue weighted by atomic mass is 9.96. The number of rotatable bonds is 2. The standard InChI is InChI=1S/C11H20FNO3.C6H12FNO.2ClH/c1-10(2,3)16-9(15)13-6-4-5-11(12,7-13)8-14;7-6(5-9)2-1-3-8-4-6;;/h14H,4-8H2,1-3H3;8-9H,1-5H2;2*1H/t11-;6-;;/m00../s1. The fraction of sp³-hybridized carbons (Fsp3) is 0.941. The summed E-state index contributed by atoms with van der Waals surface area (Å²) < 4.78 is 32.0. The SMILES string of the molecule is CC(C)(C)OC(=O)N1CCC[C@@](F)(CO)C1.Cl.Cl.OC[C@]1(F)CCCNC1. The summed E-state index contributed by atoms with van der Waals surface area (Å²) in [6, 6.07) is 0. The summed E-state index contributed by atoms with van der Waals surface area (Å²) in [5.41, 5.74) is -3.58. The van der Waals surface area contributed by atoms with Crippen molar-refractivity contribution in [1.29, 1.82) is 0 Å². The van der Waals surface area contributed by atoms with Crippen LogP contribution < -0.4 is 5.32 Å². The average molecular weight is 439 g/mol. The van der Waals surface area contributed by atoms with Gasteiger partial charge in [-0.25, -0.2) is 13.6 Å². The first-order valence-corrected chi connectivity index (χ1v) is 8.81. The number of nitrogens with one attached hydrogen (secondary N) is 1. The zero-order valence-electron chi connectivity index (χ0n) is 16.3. The summed E-state index contributed by atoms with van der Waals surface area (Å²) in [4.78, 5) is 13.0. The molecule has 1 amide bonds. The quantitative estimate of drug-likeness (QED) is 0.617. The molecule has 0 aromatic heterocycles. The van der Waals surface area contributed by atoms with Crippen molar-refractivity contribution in [3.63, 3.8) is 0 Å². The van der Waals surface area contributed by atoms with Gasteiger partial charge in [-0.2, -0.15) is 0 Å². The number of halogens is 4. The Bertz CT molecular complexity index is 436. The molecule has 6 nitrogen and oxygen atoms in total. The molecule has 0 aromatic carbocycles. The molecule has 2 aliphatic rings. The van der Waals surface area contributed by atoms with Crippen molar-refractivity contribution in [1.82, 2.24) is 10.2 Å². The van der Waals surface area contributed by atoms with Crippen LogP contribution in [0.3, 0.4) is 0 Å². The Balaban J connectivity index is 0. The minimum absolute atomic E-state index is 0. The summed E-state index contributed by atoms with van der Waals surface area (Å²) in [5.74, 6) is 0. The maximum Gasteiger partial charge on any atom is 0.410 e. The van der Waals surface area contributed by atoms with Gasteiger partial charge < -0.3 is 25.2 Å². The van der Waals surface area contributed by atoms with E-state index < -0.39 is 29.6 Å². The van der Waals surface area contributed by atoms with Gasteiger partial charge in [0.2, 0.25) is 0 Å². The highest BCUT2D eigenvalue weighted by atomic mass is 35.5. The van der Waals surface area contributed by atoms with Gasteiger partial charge in [-0.1, -0.05) is 0 Å². The highest BCUT2D eigenvalue weighted by Crippen LogP contribution is 2.26. The molecule has 2 rings (SSSR count). The summed E-state index contributed by atoms with van der Waals surface area (Å²) in [6.45, 7) is 6.00. The van der Waals surface area contributed by atoms with Crippen LogP contribution in [0.2, 0.25) is 0 Å². The fourth-order valence-corrected chi connectivity index (χ4v) is 2.76. The maximum atomic E-state index is 13.8. The number of aliphatic hydroxyl groups is 2. The van der Waals surface area contributed by atoms with Gasteiger partial charge in [0.25, 0.3) is 0 Å². The molecule has 0 unspecified atom stereocenters. The Morgan fingerprint density at radius 3 is 2.07 bits per heavy atom. The van der Waals surface area contributed by atoms with Crippen LogP contribution in [0.15, 0.2) is 0 Å². The molecule has 2 aliphatic heterocycles. The Morgan fingerprint density at radius 2 is 1.67 bits per heavy atom. The van der Waals surface area contributed by atoms with E-state index in [1.807, 2.05) is 0 Å². The van der Waals surface area contributed by atoms with Gasteiger partial charge >= 0.3 is 6.09 Å². The zero-order chi connectivity index (χ0) is 19.1. The number of ether oxygens (including phenoxy) is 1. The van der Waals surface area contributed by atoms with E-state index in [9.17, 15) is 13.6 Å². The van der Waals surface area contributed by atoms with Crippen molar-refractivity contribution in [2.75, 3.05) is 39.4 Å². The summed E-state index contributed by atoms with van der Waals surface area (Å²) in [6.07, 6.45) is 1.66. The minimum Gasteiger partial charge on any atom is -0.444 e. The lowest BCUT2D eigenvalue weighted by Gasteiger charge is -2.36. The van der Waals surface area contributed by atoms with Gasteiger partial charge in [-0.3, -0.25) is 0 Å². The summed E-state index contributed by atoms with van der Waals surface area (Å²) in [7, 11) is 0. The lowest BCUT2D eigenvalue weighted by Crippen LogP contribution is -2.50. The van der Waals surface area contributed by atoms with Crippen molar-refractivity contribution < 1.29 is 28.5 Å². The van der Waals surface area contributed by atoms with Crippen molar-refractivity contribution in [3.8, 4) is 0 Å². The molecule has 2 fully saturated rings. The first kappa shape index (κ1) is 28.8. The Labute approximate surface area is 172 Å². The van der Waals surface area contributed by atoms with Crippen LogP contribution in [0.25, 0.3) is 0 Å². The second-order valence-corrected chi connectivity index (χ2v) is 7.90. The molecule has 2 heterocycles. The second-order valence-electron chi connectivity index (χ2n) is 7.90. The van der Waals surface area contributed by atoms with Crippen LogP contribution in [0.4, 0.5) is 13.6 Å². The molecule has 2 atom stereocenters. The van der Waals surface area contributed by atoms with Gasteiger partial charge in [0, 0.05) is 13.1 Å². The monoisotopic (exact) mass is 438 g/mol. The molecule has 0 aliphatic carbocycles. The van der Waals surface area contributed by atoms with Crippen molar-refractivity contribution in [3.05, 3.63) is 0 Å². The van der Waals surface area contributed by atoms with Crippen LogP contribution in [0.5, 0.6) is 0 Å². The molecule has 0 saturated carbocycles. The van der Waals surface area contributed by atoms with Crippen molar-refractivity contribution in [2.24, 2.45) is 0 Å². The topological polar surface area (TPSA) is 82.0 Å². The third-order valence-corrected chi connectivity index (χ3v) is 4.17. The lowest BCUT2D eigenvalue weighted by molar-refractivity contribution is -0.0231. The smallest absolute Gasteiger partial charge is 0.410 e. The molecule has 0 spiro atoms. The van der Waals surface area contributed by atoms with E-state index in [0.29, 0.717) is 32.4 Å². The van der Waals surface area contributed by atoms with Gasteiger partial charge in [0.15, 0.2) is 5.67 Å². The second kappa shape index (κ2) is 12.2. The number of hydrogen-bond donors (Lipinski definition) is 3. The number of hydrogen-bond acceptors (Lipinski definition) is 5. The van der Waals surface area contributed by atoms with E-state index in [1.165, 1.54) is 4.90 Å². The number of aliphatic hydroxyl groups excluding tert-OH is 2. The highest BCUT2D eigenvalue weighted by molar-refractivity contribution is 5.85. The molecule has 0 bridgehead atoms. The van der Waals surface area contributed by atoms with Crippen molar-refractivity contribution in [2.45, 2.75) is 63.4 Å². The van der Waals surface area contributed by atoms with Crippen LogP contribution >= 0.6 is 24.8 Å². The molecule has 0 aromatic rings. The summed E-state index contributed by atoms with van der Waals surface area (Å²) >= 11 is 0. The molecular weight excluding hydrogens is 405 g/mol. The first-order chi connectivity index (χ1) is 11.5. The molecule has 27 heavy (non-hydrogen) atoms. The van der Waals surface area contributed by atoms with E-state index in [2.05, 4.69) is 5.32 Å². The minimum atomic E-state index is -1.67. The third kappa shape index (κ3) is 10.6. The van der Waals surface area contributed by atoms with Crippen LogP contribution in [0, 0.1) is 0 Å². The largest absolute Gasteiger partial charge is 0.444 e. The van der Waals surface area contributed by atoms with Gasteiger partial charge in [-0.15, -0.1) is 24.8 Å². The van der Waals surface area contributed by atoms with E-state index in [4.69, 9.17) is 14.9 Å². The maximum absolute atomic E-state index is 13.8. The normalized spacial score (nSPS) is 28.0. The van der Waals surface area contributed by atoms with Crippen LogP contribution in [-0.2, 0) is 4.74 Å². The molecular formula is C17H34Cl2F2N2O4. The zero-order valence-corrected chi connectivity index (χ0v) is 17.9. The van der Waals surface area contributed by atoms with Crippen molar-refractivity contribution >= 4 is 30.9 Å². The third-order valence-electron chi connectivity index (χ3n) is 4.17. The highest BCUT2D eigenvalue weighted by Gasteiger charge is 2.38. The fourth-order valence-electron chi connectivity index (χ4n) is 2.76. The predicted octanol–water partition coefficient (Wildman–Crippen LogP) is 2.63. The molecule has 10 heteroatoms. The number of piperidine rings is 2. The number of alkyl halides is 2. The van der Waals surface area contributed by atoms with Gasteiger partial charge in [0.1, 0.15) is 11.3 Å². The number of nitrogens with zero attached hydrogens (tertiary/aromatic N) is 1. The molecule has 3 N–H and O–H groups in total. The molecule has 0 radical (unpaired) electrons. The number of carbonyl (C=O) groups excluding carboxylic acids is 1. The van der Waals surface area contributed by atoms with Crippen LogP contribution in [0.1, 0.15) is 46.5 Å². The van der Waals surface area contributed by atoms with E-state index in [0.717, 1.165) is 13.0 Å². The number of carbonyl (C=O) groups is 1.